The molecule has 2 atom stereocenters. The van der Waals surface area contributed by atoms with Gasteiger partial charge in [0.1, 0.15) is 18.3 Å². The molecule has 0 saturated carbocycles. The molecule has 0 unspecified atom stereocenters. The average molecular weight is 580 g/mol. The maximum absolute atomic E-state index is 14.2. The standard InChI is InChI=1S/C32H41N3O5S/c1-6-25(4)33-32(37)30(21-26-14-9-8-10-15-26)34(22-27-16-12-11-13-24(27)3)31(36)23-35(41(5,38)39)28-17-19-29(20-18-28)40-7-2/h8-20,25,30H,6-7,21-23H2,1-5H3,(H,33,37)/t25-,30-/m1/s1. The summed E-state index contributed by atoms with van der Waals surface area (Å²) in [5, 5.41) is 3.04. The van der Waals surface area contributed by atoms with Gasteiger partial charge in [-0.2, -0.15) is 0 Å². The van der Waals surface area contributed by atoms with Crippen LogP contribution in [0.4, 0.5) is 5.69 Å². The zero-order valence-corrected chi connectivity index (χ0v) is 25.4. The zero-order valence-electron chi connectivity index (χ0n) is 24.5. The van der Waals surface area contributed by atoms with E-state index in [-0.39, 0.29) is 24.9 Å². The Labute approximate surface area is 244 Å². The third-order valence-electron chi connectivity index (χ3n) is 6.99. The summed E-state index contributed by atoms with van der Waals surface area (Å²) in [6.45, 7) is 7.88. The number of ether oxygens (including phenoxy) is 1. The fourth-order valence-corrected chi connectivity index (χ4v) is 5.30. The molecule has 0 fully saturated rings. The van der Waals surface area contributed by atoms with Crippen LogP contribution in [-0.2, 0) is 32.6 Å². The number of hydrogen-bond acceptors (Lipinski definition) is 5. The van der Waals surface area contributed by atoms with E-state index in [0.29, 0.717) is 18.0 Å². The molecule has 0 saturated heterocycles. The van der Waals surface area contributed by atoms with E-state index >= 15 is 0 Å². The lowest BCUT2D eigenvalue weighted by atomic mass is 10.0. The molecule has 0 spiro atoms. The lowest BCUT2D eigenvalue weighted by molar-refractivity contribution is -0.140. The second-order valence-electron chi connectivity index (χ2n) is 10.2. The molecule has 3 aromatic carbocycles. The molecule has 0 aliphatic carbocycles. The molecule has 8 nitrogen and oxygen atoms in total. The molecule has 0 aliphatic rings. The molecule has 0 radical (unpaired) electrons. The van der Waals surface area contributed by atoms with Crippen molar-refractivity contribution in [2.24, 2.45) is 0 Å². The fourth-order valence-electron chi connectivity index (χ4n) is 4.46. The summed E-state index contributed by atoms with van der Waals surface area (Å²) in [4.78, 5) is 29.4. The van der Waals surface area contributed by atoms with E-state index in [1.54, 1.807) is 24.3 Å². The predicted octanol–water partition coefficient (Wildman–Crippen LogP) is 4.71. The fraction of sp³-hybridized carbons (Fsp3) is 0.375. The summed E-state index contributed by atoms with van der Waals surface area (Å²) in [6, 6.07) is 22.8. The summed E-state index contributed by atoms with van der Waals surface area (Å²) in [6.07, 6.45) is 2.08. The van der Waals surface area contributed by atoms with Gasteiger partial charge >= 0.3 is 0 Å². The number of carbonyl (C=O) groups is 2. The lowest BCUT2D eigenvalue weighted by Gasteiger charge is -2.34. The van der Waals surface area contributed by atoms with Gasteiger partial charge in [-0.25, -0.2) is 8.42 Å². The highest BCUT2D eigenvalue weighted by molar-refractivity contribution is 7.92. The normalized spacial score (nSPS) is 12.7. The molecular weight excluding hydrogens is 538 g/mol. The Morgan fingerprint density at radius 3 is 2.15 bits per heavy atom. The van der Waals surface area contributed by atoms with Crippen LogP contribution in [0.15, 0.2) is 78.9 Å². The predicted molar refractivity (Wildman–Crippen MR) is 163 cm³/mol. The van der Waals surface area contributed by atoms with Crippen molar-refractivity contribution < 1.29 is 22.7 Å². The maximum atomic E-state index is 14.2. The quantitative estimate of drug-likeness (QED) is 0.298. The minimum atomic E-state index is -3.84. The van der Waals surface area contributed by atoms with E-state index in [2.05, 4.69) is 5.32 Å². The van der Waals surface area contributed by atoms with Crippen molar-refractivity contribution in [3.05, 3.63) is 95.6 Å². The number of sulfonamides is 1. The van der Waals surface area contributed by atoms with Gasteiger partial charge in [0.2, 0.25) is 21.8 Å². The Morgan fingerprint density at radius 1 is 0.927 bits per heavy atom. The molecule has 0 aliphatic heterocycles. The van der Waals surface area contributed by atoms with Gasteiger partial charge in [0.25, 0.3) is 0 Å². The maximum Gasteiger partial charge on any atom is 0.244 e. The molecule has 3 aromatic rings. The molecule has 0 aromatic heterocycles. The van der Waals surface area contributed by atoms with Crippen molar-refractivity contribution >= 4 is 27.5 Å². The molecule has 3 rings (SSSR count). The Bertz CT molecular complexity index is 1390. The summed E-state index contributed by atoms with van der Waals surface area (Å²) < 4.78 is 32.4. The first-order valence-corrected chi connectivity index (χ1v) is 15.8. The van der Waals surface area contributed by atoms with Gasteiger partial charge < -0.3 is 15.0 Å². The number of amides is 2. The topological polar surface area (TPSA) is 96.0 Å². The van der Waals surface area contributed by atoms with Crippen molar-refractivity contribution in [2.45, 2.75) is 59.2 Å². The van der Waals surface area contributed by atoms with Crippen LogP contribution in [0.25, 0.3) is 0 Å². The number of aryl methyl sites for hydroxylation is 1. The third-order valence-corrected chi connectivity index (χ3v) is 8.13. The van der Waals surface area contributed by atoms with E-state index in [0.717, 1.165) is 33.7 Å². The van der Waals surface area contributed by atoms with E-state index < -0.39 is 28.5 Å². The summed E-state index contributed by atoms with van der Waals surface area (Å²) in [5.41, 5.74) is 3.08. The molecule has 9 heteroatoms. The number of anilines is 1. The minimum Gasteiger partial charge on any atom is -0.494 e. The van der Waals surface area contributed by atoms with E-state index in [9.17, 15) is 18.0 Å². The van der Waals surface area contributed by atoms with Crippen LogP contribution >= 0.6 is 0 Å². The van der Waals surface area contributed by atoms with Crippen LogP contribution in [0.2, 0.25) is 0 Å². The average Bonchev–Trinajstić information content (AvgIpc) is 2.95. The molecular formula is C32H41N3O5S. The van der Waals surface area contributed by atoms with Crippen LogP contribution in [0.3, 0.4) is 0 Å². The van der Waals surface area contributed by atoms with Gasteiger partial charge in [-0.3, -0.25) is 13.9 Å². The third kappa shape index (κ3) is 9.08. The number of nitrogens with zero attached hydrogens (tertiary/aromatic N) is 2. The molecule has 1 N–H and O–H groups in total. The van der Waals surface area contributed by atoms with Crippen LogP contribution in [0.5, 0.6) is 5.75 Å². The Kier molecular flexibility index (Phi) is 11.3. The first kappa shape index (κ1) is 31.7. The molecule has 0 heterocycles. The molecule has 0 bridgehead atoms. The van der Waals surface area contributed by atoms with Crippen molar-refractivity contribution in [2.75, 3.05) is 23.7 Å². The summed E-state index contributed by atoms with van der Waals surface area (Å²) >= 11 is 0. The second-order valence-corrected chi connectivity index (χ2v) is 12.1. The summed E-state index contributed by atoms with van der Waals surface area (Å²) in [7, 11) is -3.84. The van der Waals surface area contributed by atoms with Crippen molar-refractivity contribution in [1.82, 2.24) is 10.2 Å². The van der Waals surface area contributed by atoms with Crippen molar-refractivity contribution in [3.8, 4) is 5.75 Å². The number of nitrogens with one attached hydrogen (secondary N) is 1. The van der Waals surface area contributed by atoms with Gasteiger partial charge in [0.05, 0.1) is 18.6 Å². The van der Waals surface area contributed by atoms with Gasteiger partial charge in [0.15, 0.2) is 0 Å². The van der Waals surface area contributed by atoms with Crippen LogP contribution in [0.1, 0.15) is 43.9 Å². The largest absolute Gasteiger partial charge is 0.494 e. The number of hydrogen-bond donors (Lipinski definition) is 1. The molecule has 220 valence electrons. The van der Waals surface area contributed by atoms with E-state index in [4.69, 9.17) is 4.74 Å². The van der Waals surface area contributed by atoms with Crippen LogP contribution < -0.4 is 14.4 Å². The van der Waals surface area contributed by atoms with Gasteiger partial charge in [0, 0.05) is 19.0 Å². The van der Waals surface area contributed by atoms with Crippen LogP contribution in [0, 0.1) is 6.92 Å². The Balaban J connectivity index is 2.05. The summed E-state index contributed by atoms with van der Waals surface area (Å²) in [5.74, 6) is -0.160. The number of benzene rings is 3. The van der Waals surface area contributed by atoms with Gasteiger partial charge in [-0.15, -0.1) is 0 Å². The molecule has 41 heavy (non-hydrogen) atoms. The lowest BCUT2D eigenvalue weighted by Crippen LogP contribution is -2.54. The zero-order chi connectivity index (χ0) is 30.0. The van der Waals surface area contributed by atoms with E-state index in [1.807, 2.05) is 82.3 Å². The first-order chi connectivity index (χ1) is 19.5. The highest BCUT2D eigenvalue weighted by atomic mass is 32.2. The van der Waals surface area contributed by atoms with Gasteiger partial charge in [-0.05, 0) is 68.1 Å². The van der Waals surface area contributed by atoms with E-state index in [1.165, 1.54) is 4.90 Å². The SMILES string of the molecule is CCOc1ccc(N(CC(=O)N(Cc2ccccc2C)[C@H](Cc2ccccc2)C(=O)N[C@H](C)CC)S(C)(=O)=O)cc1. The smallest absolute Gasteiger partial charge is 0.244 e. The number of rotatable bonds is 14. The van der Waals surface area contributed by atoms with Crippen LogP contribution in [-0.4, -0.2) is 56.6 Å². The monoisotopic (exact) mass is 579 g/mol. The number of carbonyl (C=O) groups excluding carboxylic acids is 2. The highest BCUT2D eigenvalue weighted by Gasteiger charge is 2.33. The minimum absolute atomic E-state index is 0.0902. The second kappa shape index (κ2) is 14.7. The Hall–Kier alpha value is -3.85. The van der Waals surface area contributed by atoms with Crippen molar-refractivity contribution in [1.29, 1.82) is 0 Å². The van der Waals surface area contributed by atoms with Gasteiger partial charge in [-0.1, -0.05) is 61.5 Å². The first-order valence-electron chi connectivity index (χ1n) is 13.9. The van der Waals surface area contributed by atoms with Crippen molar-refractivity contribution in [3.63, 3.8) is 0 Å². The molecule has 2 amide bonds. The highest BCUT2D eigenvalue weighted by Crippen LogP contribution is 2.23. The Morgan fingerprint density at radius 2 is 1.56 bits per heavy atom.